The molecular weight excluding hydrogens is 388 g/mol. The summed E-state index contributed by atoms with van der Waals surface area (Å²) in [7, 11) is -2.72. The van der Waals surface area contributed by atoms with Crippen LogP contribution in [0.25, 0.3) is 5.70 Å². The molecule has 2 bridgehead atoms. The van der Waals surface area contributed by atoms with Crippen molar-refractivity contribution in [1.82, 2.24) is 9.78 Å². The average Bonchev–Trinajstić information content (AvgIpc) is 3.17. The van der Waals surface area contributed by atoms with E-state index in [1.807, 2.05) is 47.6 Å². The highest BCUT2D eigenvalue weighted by molar-refractivity contribution is 8.03. The number of esters is 1. The standard InChI is InChI=1S/C22H32N2O4S/c1-19(2,3)14-15(24-13-9-12-23-24)16(29(7,8)27)17(25)22-11-10-21(6,18(26)28-22)20(22,4)5/h9,12-14H,10-11H2,1-8H3/b15-14+/t21-,22+/m1/s1. The van der Waals surface area contributed by atoms with E-state index in [1.165, 1.54) is 0 Å². The number of allylic oxidation sites excluding steroid dienone is 2. The van der Waals surface area contributed by atoms with Gasteiger partial charge in [0.1, 0.15) is 0 Å². The van der Waals surface area contributed by atoms with Crippen molar-refractivity contribution in [3.05, 3.63) is 24.5 Å². The fourth-order valence-corrected chi connectivity index (χ4v) is 5.85. The van der Waals surface area contributed by atoms with Crippen molar-refractivity contribution in [2.45, 2.75) is 60.0 Å². The maximum Gasteiger partial charge on any atom is 0.313 e. The van der Waals surface area contributed by atoms with E-state index in [9.17, 15) is 13.8 Å². The monoisotopic (exact) mass is 420 g/mol. The molecule has 0 N–H and O–H groups in total. The van der Waals surface area contributed by atoms with Crippen LogP contribution in [0.15, 0.2) is 24.5 Å². The second-order valence-corrected chi connectivity index (χ2v) is 13.3. The molecule has 0 spiro atoms. The summed E-state index contributed by atoms with van der Waals surface area (Å²) < 4.78 is 20.9. The first-order chi connectivity index (χ1) is 13.1. The number of rotatable bonds is 4. The van der Waals surface area contributed by atoms with E-state index in [1.54, 1.807) is 35.7 Å². The molecule has 2 aliphatic rings. The van der Waals surface area contributed by atoms with Gasteiger partial charge >= 0.3 is 5.97 Å². The van der Waals surface area contributed by atoms with Crippen LogP contribution in [-0.2, 0) is 23.8 Å². The molecule has 3 rings (SSSR count). The van der Waals surface area contributed by atoms with E-state index in [0.717, 1.165) is 0 Å². The van der Waals surface area contributed by atoms with Gasteiger partial charge in [0.05, 0.1) is 16.0 Å². The van der Waals surface area contributed by atoms with Crippen molar-refractivity contribution in [3.8, 4) is 0 Å². The van der Waals surface area contributed by atoms with E-state index in [4.69, 9.17) is 4.74 Å². The van der Waals surface area contributed by atoms with Gasteiger partial charge in [-0.2, -0.15) is 5.10 Å². The van der Waals surface area contributed by atoms with Crippen LogP contribution < -0.4 is 0 Å². The lowest BCUT2D eigenvalue weighted by Gasteiger charge is -2.36. The SMILES string of the molecule is CC(C)(C)/C=C(\C(C(=O)[C@]12CC[C@](C)(C(=O)O1)C2(C)C)=S(C)(C)=O)n1cccn1. The van der Waals surface area contributed by atoms with Crippen LogP contribution in [0.4, 0.5) is 0 Å². The first-order valence-electron chi connectivity index (χ1n) is 9.89. The fraction of sp³-hybridized carbons (Fsp3) is 0.636. The van der Waals surface area contributed by atoms with E-state index in [0.29, 0.717) is 18.5 Å². The van der Waals surface area contributed by atoms with Gasteiger partial charge in [-0.3, -0.25) is 13.8 Å². The molecule has 0 aromatic carbocycles. The number of carbonyl (C=O) groups is 2. The Morgan fingerprint density at radius 2 is 1.86 bits per heavy atom. The van der Waals surface area contributed by atoms with Crippen LogP contribution in [0.1, 0.15) is 54.4 Å². The Morgan fingerprint density at radius 3 is 2.24 bits per heavy atom. The van der Waals surface area contributed by atoms with Crippen LogP contribution in [0, 0.1) is 16.2 Å². The lowest BCUT2D eigenvalue weighted by atomic mass is 9.65. The molecule has 1 aromatic heterocycles. The van der Waals surface area contributed by atoms with Gasteiger partial charge in [-0.1, -0.05) is 40.7 Å². The third kappa shape index (κ3) is 3.09. The summed E-state index contributed by atoms with van der Waals surface area (Å²) in [6.07, 6.45) is 9.40. The number of fused-ring (bicyclic) bond motifs is 2. The Labute approximate surface area is 173 Å². The lowest BCUT2D eigenvalue weighted by Crippen LogP contribution is -2.52. The highest BCUT2D eigenvalue weighted by atomic mass is 32.2. The molecule has 29 heavy (non-hydrogen) atoms. The van der Waals surface area contributed by atoms with E-state index in [-0.39, 0.29) is 22.0 Å². The third-order valence-corrected chi connectivity index (χ3v) is 8.08. The van der Waals surface area contributed by atoms with Crippen molar-refractivity contribution in [3.63, 3.8) is 0 Å². The van der Waals surface area contributed by atoms with Crippen LogP contribution in [0.5, 0.6) is 0 Å². The summed E-state index contributed by atoms with van der Waals surface area (Å²) in [6.45, 7) is 11.7. The summed E-state index contributed by atoms with van der Waals surface area (Å²) in [4.78, 5) is 27.0. The van der Waals surface area contributed by atoms with Crippen LogP contribution in [-0.4, -0.2) is 48.7 Å². The van der Waals surface area contributed by atoms with Gasteiger partial charge in [-0.05, 0) is 40.8 Å². The first kappa shape index (κ1) is 21.8. The number of ketones is 1. The van der Waals surface area contributed by atoms with E-state index < -0.39 is 26.0 Å². The molecule has 1 aromatic rings. The van der Waals surface area contributed by atoms with Crippen LogP contribution in [0.3, 0.4) is 0 Å². The van der Waals surface area contributed by atoms with Crippen molar-refractivity contribution in [1.29, 1.82) is 0 Å². The molecule has 160 valence electrons. The molecule has 0 radical (unpaired) electrons. The summed E-state index contributed by atoms with van der Waals surface area (Å²) in [5.74, 6) is -0.710. The predicted molar refractivity (Wildman–Crippen MR) is 116 cm³/mol. The Morgan fingerprint density at radius 1 is 1.24 bits per heavy atom. The zero-order chi connectivity index (χ0) is 22.0. The normalized spacial score (nSPS) is 29.1. The van der Waals surface area contributed by atoms with Crippen LogP contribution >= 0.6 is 0 Å². The highest BCUT2D eigenvalue weighted by Crippen LogP contribution is 2.66. The molecule has 2 atom stereocenters. The number of aromatic nitrogens is 2. The molecule has 6 nitrogen and oxygen atoms in total. The average molecular weight is 421 g/mol. The Hall–Kier alpha value is -1.89. The molecular formula is C22H32N2O4S. The Balaban J connectivity index is 2.28. The van der Waals surface area contributed by atoms with Crippen molar-refractivity contribution in [2.24, 2.45) is 16.2 Å². The second kappa shape index (κ2) is 6.30. The minimum Gasteiger partial charge on any atom is -0.450 e. The van der Waals surface area contributed by atoms with Gasteiger partial charge in [0.25, 0.3) is 0 Å². The van der Waals surface area contributed by atoms with E-state index in [2.05, 4.69) is 5.10 Å². The van der Waals surface area contributed by atoms with Gasteiger partial charge < -0.3 is 4.74 Å². The number of nitrogens with zero attached hydrogens (tertiary/aromatic N) is 2. The number of Topliss-reactive ketones (excluding diaryl/α,β-unsaturated/α-hetero) is 1. The zero-order valence-corrected chi connectivity index (χ0v) is 19.5. The highest BCUT2D eigenvalue weighted by Gasteiger charge is 2.76. The fourth-order valence-electron chi connectivity index (χ4n) is 4.58. The third-order valence-electron chi connectivity index (χ3n) is 6.70. The topological polar surface area (TPSA) is 78.3 Å². The van der Waals surface area contributed by atoms with Gasteiger partial charge in [0, 0.05) is 30.3 Å². The molecule has 1 saturated heterocycles. The lowest BCUT2D eigenvalue weighted by molar-refractivity contribution is -0.164. The van der Waals surface area contributed by atoms with Crippen molar-refractivity contribution >= 4 is 31.8 Å². The molecule has 0 amide bonds. The second-order valence-electron chi connectivity index (χ2n) is 10.4. The molecule has 2 fully saturated rings. The summed E-state index contributed by atoms with van der Waals surface area (Å²) in [5, 5.41) is 4.31. The first-order valence-corrected chi connectivity index (χ1v) is 12.3. The van der Waals surface area contributed by atoms with Crippen molar-refractivity contribution in [2.75, 3.05) is 12.5 Å². The number of carbonyl (C=O) groups excluding carboxylic acids is 2. The molecule has 0 unspecified atom stereocenters. The van der Waals surface area contributed by atoms with Gasteiger partial charge in [0.15, 0.2) is 5.60 Å². The maximum atomic E-state index is 14.1. The number of hydrogen-bond donors (Lipinski definition) is 0. The molecule has 1 saturated carbocycles. The van der Waals surface area contributed by atoms with E-state index >= 15 is 0 Å². The van der Waals surface area contributed by atoms with Crippen molar-refractivity contribution < 1.29 is 18.5 Å². The Bertz CT molecular complexity index is 1010. The van der Waals surface area contributed by atoms with Gasteiger partial charge in [-0.15, -0.1) is 0 Å². The minimum absolute atomic E-state index is 0.183. The summed E-state index contributed by atoms with van der Waals surface area (Å²) >= 11 is 0. The molecule has 2 heterocycles. The Kier molecular flexibility index (Phi) is 4.74. The smallest absolute Gasteiger partial charge is 0.313 e. The molecule has 7 heteroatoms. The maximum absolute atomic E-state index is 14.1. The number of hydrogen-bond acceptors (Lipinski definition) is 5. The van der Waals surface area contributed by atoms with Gasteiger partial charge in [-0.25, -0.2) is 4.68 Å². The quantitative estimate of drug-likeness (QED) is 0.425. The molecule has 1 aliphatic heterocycles. The number of ether oxygens (including phenoxy) is 1. The summed E-state index contributed by atoms with van der Waals surface area (Å²) in [6, 6.07) is 1.76. The van der Waals surface area contributed by atoms with Crippen LogP contribution in [0.2, 0.25) is 0 Å². The minimum atomic E-state index is -2.72. The predicted octanol–water partition coefficient (Wildman–Crippen LogP) is 3.18. The van der Waals surface area contributed by atoms with Gasteiger partial charge in [0.2, 0.25) is 5.78 Å². The summed E-state index contributed by atoms with van der Waals surface area (Å²) in [5.41, 5.74) is -2.55. The molecule has 1 aliphatic carbocycles. The largest absolute Gasteiger partial charge is 0.450 e. The zero-order valence-electron chi connectivity index (χ0n) is 18.7.